The number of rotatable bonds is 4. The molecular formula is C10H12INO2. The number of benzene rings is 1. The number of carbonyl (C=O) groups excluding carboxylic acids is 1. The summed E-state index contributed by atoms with van der Waals surface area (Å²) in [6.07, 6.45) is 0.600. The van der Waals surface area contributed by atoms with E-state index in [9.17, 15) is 9.90 Å². The van der Waals surface area contributed by atoms with Gasteiger partial charge in [0.05, 0.1) is 0 Å². The zero-order valence-electron chi connectivity index (χ0n) is 7.70. The van der Waals surface area contributed by atoms with E-state index in [0.29, 0.717) is 6.42 Å². The molecule has 0 aliphatic carbocycles. The van der Waals surface area contributed by atoms with E-state index < -0.39 is 5.97 Å². The molecule has 1 atom stereocenters. The molecular weight excluding hydrogens is 293 g/mol. The van der Waals surface area contributed by atoms with Crippen molar-refractivity contribution in [3.63, 3.8) is 0 Å². The number of carboxylic acid groups (broad SMARTS) is 1. The highest BCUT2D eigenvalue weighted by Gasteiger charge is 2.08. The minimum atomic E-state index is -1.01. The lowest BCUT2D eigenvalue weighted by Gasteiger charge is -2.09. The number of halogens is 1. The average Bonchev–Trinajstić information content (AvgIpc) is 2.15. The summed E-state index contributed by atoms with van der Waals surface area (Å²) in [5.41, 5.74) is 4.99. The second-order valence-electron chi connectivity index (χ2n) is 3.16. The molecule has 0 fully saturated rings. The zero-order valence-corrected chi connectivity index (χ0v) is 9.86. The van der Waals surface area contributed by atoms with Crippen LogP contribution in [0.4, 0.5) is 0 Å². The van der Waals surface area contributed by atoms with Crippen LogP contribution in [0.3, 0.4) is 0 Å². The number of hydrogen-bond donors (Lipinski definition) is 1. The van der Waals surface area contributed by atoms with E-state index in [1.54, 1.807) is 0 Å². The first kappa shape index (κ1) is 11.5. The van der Waals surface area contributed by atoms with Gasteiger partial charge >= 0.3 is 0 Å². The summed E-state index contributed by atoms with van der Waals surface area (Å²) < 4.78 is 1.17. The van der Waals surface area contributed by atoms with Crippen LogP contribution < -0.4 is 10.8 Å². The highest BCUT2D eigenvalue weighted by atomic mass is 127. The molecule has 4 heteroatoms. The van der Waals surface area contributed by atoms with Crippen molar-refractivity contribution >= 4 is 28.6 Å². The molecule has 0 bridgehead atoms. The van der Waals surface area contributed by atoms with Crippen LogP contribution in [0.15, 0.2) is 24.3 Å². The van der Waals surface area contributed by atoms with Gasteiger partial charge in [-0.05, 0) is 41.1 Å². The maximum absolute atomic E-state index is 10.2. The Labute approximate surface area is 96.4 Å². The smallest absolute Gasteiger partial charge is 0.110 e. The first-order valence-corrected chi connectivity index (χ1v) is 5.46. The van der Waals surface area contributed by atoms with Crippen LogP contribution in [0.2, 0.25) is 0 Å². The second kappa shape index (κ2) is 5.31. The van der Waals surface area contributed by atoms with Gasteiger partial charge in [0.15, 0.2) is 0 Å². The number of carbonyl (C=O) groups is 1. The third-order valence-electron chi connectivity index (χ3n) is 2.04. The summed E-state index contributed by atoms with van der Waals surface area (Å²) in [6, 6.07) is 7.98. The second-order valence-corrected chi connectivity index (χ2v) is 4.40. The zero-order chi connectivity index (χ0) is 10.6. The molecule has 0 spiro atoms. The number of quaternary nitrogens is 1. The van der Waals surface area contributed by atoms with Gasteiger partial charge in [0.25, 0.3) is 0 Å². The van der Waals surface area contributed by atoms with Crippen molar-refractivity contribution in [2.75, 3.05) is 0 Å². The number of hydrogen-bond acceptors (Lipinski definition) is 2. The van der Waals surface area contributed by atoms with Gasteiger partial charge in [-0.3, -0.25) is 0 Å². The van der Waals surface area contributed by atoms with Gasteiger partial charge in [-0.2, -0.15) is 0 Å². The van der Waals surface area contributed by atoms with E-state index >= 15 is 0 Å². The van der Waals surface area contributed by atoms with E-state index in [4.69, 9.17) is 0 Å². The van der Waals surface area contributed by atoms with Gasteiger partial charge in [0.2, 0.25) is 0 Å². The van der Waals surface area contributed by atoms with Crippen LogP contribution >= 0.6 is 22.6 Å². The standard InChI is InChI=1S/C10H12INO2/c11-8-3-1-7(2-4-8)9(12)5-6-10(13)14/h1-4,9H,5-6,12H2,(H,13,14)/t9-/m0/s1. The van der Waals surface area contributed by atoms with Crippen molar-refractivity contribution in [3.05, 3.63) is 33.4 Å². The highest BCUT2D eigenvalue weighted by molar-refractivity contribution is 14.1. The van der Waals surface area contributed by atoms with Gasteiger partial charge in [-0.25, -0.2) is 0 Å². The predicted octanol–water partition coefficient (Wildman–Crippen LogP) is 0.104. The summed E-state index contributed by atoms with van der Waals surface area (Å²) in [5, 5.41) is 10.2. The van der Waals surface area contributed by atoms with Crippen LogP contribution in [-0.2, 0) is 4.79 Å². The van der Waals surface area contributed by atoms with Crippen LogP contribution in [0.5, 0.6) is 0 Å². The molecule has 3 N–H and O–H groups in total. The maximum atomic E-state index is 10.2. The highest BCUT2D eigenvalue weighted by Crippen LogP contribution is 2.15. The van der Waals surface area contributed by atoms with Crippen molar-refractivity contribution in [3.8, 4) is 0 Å². The lowest BCUT2D eigenvalue weighted by molar-refractivity contribution is -0.428. The SMILES string of the molecule is [NH3+][C@@H](CCC(=O)[O-])c1ccc(I)cc1. The van der Waals surface area contributed by atoms with Gasteiger partial charge < -0.3 is 15.6 Å². The summed E-state index contributed by atoms with van der Waals surface area (Å²) in [6.45, 7) is 0. The molecule has 1 aromatic carbocycles. The van der Waals surface area contributed by atoms with Crippen molar-refractivity contribution in [1.82, 2.24) is 0 Å². The molecule has 0 aliphatic rings. The molecule has 1 rings (SSSR count). The van der Waals surface area contributed by atoms with Gasteiger partial charge in [-0.1, -0.05) is 12.1 Å². The summed E-state index contributed by atoms with van der Waals surface area (Å²) >= 11 is 2.23. The van der Waals surface area contributed by atoms with Crippen molar-refractivity contribution in [1.29, 1.82) is 0 Å². The van der Waals surface area contributed by atoms with Gasteiger partial charge in [0, 0.05) is 21.5 Å². The number of aliphatic carboxylic acids is 1. The molecule has 0 saturated heterocycles. The first-order valence-electron chi connectivity index (χ1n) is 4.38. The fourth-order valence-electron chi connectivity index (χ4n) is 1.19. The molecule has 0 amide bonds. The van der Waals surface area contributed by atoms with Crippen LogP contribution in [0.1, 0.15) is 24.4 Å². The summed E-state index contributed by atoms with van der Waals surface area (Å²) in [4.78, 5) is 10.2. The lowest BCUT2D eigenvalue weighted by atomic mass is 10.0. The molecule has 0 aliphatic heterocycles. The van der Waals surface area contributed by atoms with Crippen molar-refractivity contribution in [2.45, 2.75) is 18.9 Å². The van der Waals surface area contributed by atoms with Crippen molar-refractivity contribution < 1.29 is 15.6 Å². The lowest BCUT2D eigenvalue weighted by Crippen LogP contribution is -2.53. The Morgan fingerprint density at radius 3 is 2.50 bits per heavy atom. The third kappa shape index (κ3) is 3.63. The van der Waals surface area contributed by atoms with Gasteiger partial charge in [0.1, 0.15) is 6.04 Å². The van der Waals surface area contributed by atoms with Crippen LogP contribution in [0, 0.1) is 3.57 Å². The Kier molecular flexibility index (Phi) is 4.34. The molecule has 76 valence electrons. The van der Waals surface area contributed by atoms with E-state index in [1.165, 1.54) is 3.57 Å². The topological polar surface area (TPSA) is 67.8 Å². The maximum Gasteiger partial charge on any atom is 0.110 e. The van der Waals surface area contributed by atoms with Gasteiger partial charge in [-0.15, -0.1) is 0 Å². The van der Waals surface area contributed by atoms with E-state index in [0.717, 1.165) is 5.56 Å². The molecule has 0 saturated carbocycles. The van der Waals surface area contributed by atoms with Crippen LogP contribution in [-0.4, -0.2) is 5.97 Å². The summed E-state index contributed by atoms with van der Waals surface area (Å²) in [5.74, 6) is -1.01. The normalized spacial score (nSPS) is 12.4. The van der Waals surface area contributed by atoms with Crippen LogP contribution in [0.25, 0.3) is 0 Å². The molecule has 0 radical (unpaired) electrons. The Balaban J connectivity index is 2.56. The molecule has 3 nitrogen and oxygen atoms in total. The van der Waals surface area contributed by atoms with E-state index in [1.807, 2.05) is 24.3 Å². The largest absolute Gasteiger partial charge is 0.550 e. The quantitative estimate of drug-likeness (QED) is 0.802. The third-order valence-corrected chi connectivity index (χ3v) is 2.76. The van der Waals surface area contributed by atoms with E-state index in [-0.39, 0.29) is 12.5 Å². The molecule has 1 aromatic rings. The predicted molar refractivity (Wildman–Crippen MR) is 59.0 cm³/mol. The average molecular weight is 305 g/mol. The Bertz CT molecular complexity index is 310. The fourth-order valence-corrected chi connectivity index (χ4v) is 1.55. The Morgan fingerprint density at radius 2 is 2.00 bits per heavy atom. The molecule has 14 heavy (non-hydrogen) atoms. The monoisotopic (exact) mass is 305 g/mol. The molecule has 0 unspecified atom stereocenters. The first-order chi connectivity index (χ1) is 6.59. The molecule has 0 aromatic heterocycles. The minimum absolute atomic E-state index is 0.0323. The number of carboxylic acids is 1. The van der Waals surface area contributed by atoms with E-state index in [2.05, 4.69) is 28.3 Å². The molecule has 0 heterocycles. The fraction of sp³-hybridized carbons (Fsp3) is 0.300. The summed E-state index contributed by atoms with van der Waals surface area (Å²) in [7, 11) is 0. The van der Waals surface area contributed by atoms with Crippen molar-refractivity contribution in [2.24, 2.45) is 0 Å². The Morgan fingerprint density at radius 1 is 1.43 bits per heavy atom. The minimum Gasteiger partial charge on any atom is -0.550 e. The Hall–Kier alpha value is -0.620.